The molecule has 1 heteroatoms. The summed E-state index contributed by atoms with van der Waals surface area (Å²) in [7, 11) is 0. The summed E-state index contributed by atoms with van der Waals surface area (Å²) in [5.74, 6) is 0. The van der Waals surface area contributed by atoms with E-state index in [9.17, 15) is 0 Å². The molecule has 1 heterocycles. The van der Waals surface area contributed by atoms with Gasteiger partial charge < -0.3 is 4.57 Å². The van der Waals surface area contributed by atoms with Crippen LogP contribution in [0.3, 0.4) is 0 Å². The molecule has 4 aromatic rings. The fourth-order valence-electron chi connectivity index (χ4n) is 3.92. The van der Waals surface area contributed by atoms with Crippen LogP contribution in [0.4, 0.5) is 0 Å². The van der Waals surface area contributed by atoms with Gasteiger partial charge in [0, 0.05) is 18.3 Å². The van der Waals surface area contributed by atoms with Gasteiger partial charge in [-0.2, -0.15) is 0 Å². The van der Waals surface area contributed by atoms with Crippen molar-refractivity contribution >= 4 is 0 Å². The maximum atomic E-state index is 2.41. The summed E-state index contributed by atoms with van der Waals surface area (Å²) in [6, 6.07) is 30.5. The summed E-state index contributed by atoms with van der Waals surface area (Å²) in [4.78, 5) is 0. The molecule has 0 saturated heterocycles. The van der Waals surface area contributed by atoms with E-state index < -0.39 is 0 Å². The van der Waals surface area contributed by atoms with Crippen LogP contribution in [0.2, 0.25) is 0 Å². The third kappa shape index (κ3) is 3.80. The highest BCUT2D eigenvalue weighted by atomic mass is 15.0. The lowest BCUT2D eigenvalue weighted by Crippen LogP contribution is -1.95. The van der Waals surface area contributed by atoms with Crippen LogP contribution in [-0.4, -0.2) is 4.57 Å². The van der Waals surface area contributed by atoms with Crippen LogP contribution < -0.4 is 0 Å². The molecule has 0 aliphatic rings. The van der Waals surface area contributed by atoms with Crippen LogP contribution >= 0.6 is 0 Å². The Morgan fingerprint density at radius 3 is 1.96 bits per heavy atom. The van der Waals surface area contributed by atoms with Gasteiger partial charge in [-0.25, -0.2) is 0 Å². The van der Waals surface area contributed by atoms with Crippen molar-refractivity contribution in [3.05, 3.63) is 108 Å². The number of aryl methyl sites for hydroxylation is 4. The van der Waals surface area contributed by atoms with E-state index >= 15 is 0 Å². The molecule has 0 N–H and O–H groups in total. The Morgan fingerprint density at radius 2 is 1.32 bits per heavy atom. The Hall–Kier alpha value is -3.06. The predicted molar refractivity (Wildman–Crippen MR) is 120 cm³/mol. The van der Waals surface area contributed by atoms with Crippen molar-refractivity contribution in [1.82, 2.24) is 4.57 Å². The second-order valence-corrected chi connectivity index (χ2v) is 7.38. The first-order chi connectivity index (χ1) is 13.8. The van der Waals surface area contributed by atoms with Gasteiger partial charge >= 0.3 is 0 Å². The normalized spacial score (nSPS) is 10.9. The summed E-state index contributed by atoms with van der Waals surface area (Å²) in [6.07, 6.45) is 4.46. The van der Waals surface area contributed by atoms with Gasteiger partial charge in [-0.05, 0) is 48.9 Å². The molecule has 3 aromatic carbocycles. The van der Waals surface area contributed by atoms with E-state index in [4.69, 9.17) is 0 Å². The monoisotopic (exact) mass is 365 g/mol. The number of aromatic nitrogens is 1. The van der Waals surface area contributed by atoms with E-state index in [-0.39, 0.29) is 0 Å². The summed E-state index contributed by atoms with van der Waals surface area (Å²) in [6.45, 7) is 5.34. The number of benzene rings is 3. The second-order valence-electron chi connectivity index (χ2n) is 7.38. The zero-order valence-corrected chi connectivity index (χ0v) is 16.7. The zero-order valence-electron chi connectivity index (χ0n) is 16.7. The Kier molecular flexibility index (Phi) is 5.43. The number of hydrogen-bond donors (Lipinski definition) is 0. The molecule has 0 radical (unpaired) electrons. The van der Waals surface area contributed by atoms with Crippen LogP contribution in [-0.2, 0) is 19.4 Å². The molecular weight excluding hydrogens is 338 g/mol. The van der Waals surface area contributed by atoms with E-state index in [2.05, 4.69) is 110 Å². The molecule has 1 aromatic heterocycles. The Morgan fingerprint density at radius 1 is 0.679 bits per heavy atom. The predicted octanol–water partition coefficient (Wildman–Crippen LogP) is 6.94. The van der Waals surface area contributed by atoms with E-state index in [1.165, 1.54) is 39.1 Å². The largest absolute Gasteiger partial charge is 0.347 e. The quantitative estimate of drug-likeness (QED) is 0.349. The SMILES string of the molecule is CCn1cc(CCc2ccccc2)c(-c2ccc(C)cc2)c1-c1ccccc1. The van der Waals surface area contributed by atoms with Crippen molar-refractivity contribution < 1.29 is 0 Å². The molecule has 140 valence electrons. The lowest BCUT2D eigenvalue weighted by molar-refractivity contribution is 0.772. The summed E-state index contributed by atoms with van der Waals surface area (Å²) in [5, 5.41) is 0. The standard InChI is InChI=1S/C27H27N/c1-3-28-20-25(19-16-22-10-6-4-7-11-22)26(23-17-14-21(2)15-18-23)27(28)24-12-8-5-9-13-24/h4-15,17-18,20H,3,16,19H2,1-2H3. The van der Waals surface area contributed by atoms with Crippen LogP contribution in [0, 0.1) is 6.92 Å². The lowest BCUT2D eigenvalue weighted by Gasteiger charge is -2.12. The van der Waals surface area contributed by atoms with Crippen molar-refractivity contribution in [3.63, 3.8) is 0 Å². The van der Waals surface area contributed by atoms with Gasteiger partial charge in [-0.1, -0.05) is 90.5 Å². The highest BCUT2D eigenvalue weighted by molar-refractivity contribution is 5.84. The molecule has 28 heavy (non-hydrogen) atoms. The van der Waals surface area contributed by atoms with Crippen molar-refractivity contribution in [2.45, 2.75) is 33.2 Å². The average molecular weight is 366 g/mol. The van der Waals surface area contributed by atoms with E-state index in [0.29, 0.717) is 0 Å². The lowest BCUT2D eigenvalue weighted by atomic mass is 9.94. The van der Waals surface area contributed by atoms with E-state index in [1.54, 1.807) is 0 Å². The van der Waals surface area contributed by atoms with Gasteiger partial charge in [-0.3, -0.25) is 0 Å². The van der Waals surface area contributed by atoms with Crippen molar-refractivity contribution in [3.8, 4) is 22.4 Å². The van der Waals surface area contributed by atoms with Gasteiger partial charge in [0.1, 0.15) is 0 Å². The van der Waals surface area contributed by atoms with Crippen molar-refractivity contribution in [1.29, 1.82) is 0 Å². The molecule has 4 rings (SSSR count). The van der Waals surface area contributed by atoms with Gasteiger partial charge in [-0.15, -0.1) is 0 Å². The molecule has 0 amide bonds. The molecule has 0 fully saturated rings. The van der Waals surface area contributed by atoms with Crippen molar-refractivity contribution in [2.24, 2.45) is 0 Å². The number of hydrogen-bond acceptors (Lipinski definition) is 0. The molecule has 0 unspecified atom stereocenters. The Balaban J connectivity index is 1.83. The third-order valence-electron chi connectivity index (χ3n) is 5.41. The zero-order chi connectivity index (χ0) is 19.3. The molecule has 1 nitrogen and oxygen atoms in total. The maximum absolute atomic E-state index is 2.41. The molecule has 0 saturated carbocycles. The fraction of sp³-hybridized carbons (Fsp3) is 0.185. The molecule has 0 spiro atoms. The minimum Gasteiger partial charge on any atom is -0.347 e. The summed E-state index contributed by atoms with van der Waals surface area (Å²) < 4.78 is 2.41. The minimum atomic E-state index is 0.967. The third-order valence-corrected chi connectivity index (χ3v) is 5.41. The topological polar surface area (TPSA) is 4.93 Å². The van der Waals surface area contributed by atoms with Gasteiger partial charge in [0.05, 0.1) is 5.69 Å². The number of nitrogens with zero attached hydrogens (tertiary/aromatic N) is 1. The van der Waals surface area contributed by atoms with Gasteiger partial charge in [0.2, 0.25) is 0 Å². The highest BCUT2D eigenvalue weighted by Crippen LogP contribution is 2.37. The van der Waals surface area contributed by atoms with Crippen LogP contribution in [0.15, 0.2) is 91.1 Å². The molecule has 0 bridgehead atoms. The minimum absolute atomic E-state index is 0.967. The van der Waals surface area contributed by atoms with Crippen LogP contribution in [0.5, 0.6) is 0 Å². The van der Waals surface area contributed by atoms with Crippen molar-refractivity contribution in [2.75, 3.05) is 0 Å². The van der Waals surface area contributed by atoms with Crippen LogP contribution in [0.1, 0.15) is 23.6 Å². The molecular formula is C27H27N. The fourth-order valence-corrected chi connectivity index (χ4v) is 3.92. The second kappa shape index (κ2) is 8.31. The summed E-state index contributed by atoms with van der Waals surface area (Å²) in [5.41, 5.74) is 9.41. The Bertz CT molecular complexity index is 1030. The Labute approximate surface area is 168 Å². The van der Waals surface area contributed by atoms with E-state index in [0.717, 1.165) is 19.4 Å². The van der Waals surface area contributed by atoms with Gasteiger partial charge in [0.15, 0.2) is 0 Å². The first-order valence-corrected chi connectivity index (χ1v) is 10.1. The maximum Gasteiger partial charge on any atom is 0.0562 e. The van der Waals surface area contributed by atoms with Gasteiger partial charge in [0.25, 0.3) is 0 Å². The van der Waals surface area contributed by atoms with Crippen LogP contribution in [0.25, 0.3) is 22.4 Å². The average Bonchev–Trinajstić information content (AvgIpc) is 3.13. The summed E-state index contributed by atoms with van der Waals surface area (Å²) >= 11 is 0. The highest BCUT2D eigenvalue weighted by Gasteiger charge is 2.18. The molecule has 0 aliphatic heterocycles. The smallest absolute Gasteiger partial charge is 0.0562 e. The first kappa shape index (κ1) is 18.3. The molecule has 0 aliphatic carbocycles. The molecule has 0 atom stereocenters. The first-order valence-electron chi connectivity index (χ1n) is 10.1. The number of rotatable bonds is 6. The van der Waals surface area contributed by atoms with E-state index in [1.807, 2.05) is 0 Å².